The largest absolute Gasteiger partial charge is 0.477 e. The molecule has 1 aromatic carbocycles. The number of morpholine rings is 1. The zero-order chi connectivity index (χ0) is 19.7. The highest BCUT2D eigenvalue weighted by Crippen LogP contribution is 2.43. The Morgan fingerprint density at radius 2 is 2.00 bits per heavy atom. The van der Waals surface area contributed by atoms with Crippen molar-refractivity contribution in [3.8, 4) is 0 Å². The molecule has 0 spiro atoms. The molecule has 3 aliphatic rings. The van der Waals surface area contributed by atoms with E-state index in [2.05, 4.69) is 20.9 Å². The molecule has 2 saturated heterocycles. The smallest absolute Gasteiger partial charge is 0.354 e. The Kier molecular flexibility index (Phi) is 5.75. The van der Waals surface area contributed by atoms with E-state index in [4.69, 9.17) is 4.74 Å². The lowest BCUT2D eigenvalue weighted by Gasteiger charge is -2.43. The number of alkyl halides is 1. The van der Waals surface area contributed by atoms with Crippen LogP contribution in [0.4, 0.5) is 0 Å². The third-order valence-electron chi connectivity index (χ3n) is 4.99. The number of benzene rings is 1. The van der Waals surface area contributed by atoms with Crippen molar-refractivity contribution in [2.24, 2.45) is 4.99 Å². The molecule has 2 fully saturated rings. The fourth-order valence-electron chi connectivity index (χ4n) is 3.60. The van der Waals surface area contributed by atoms with E-state index in [0.29, 0.717) is 43.8 Å². The van der Waals surface area contributed by atoms with Crippen molar-refractivity contribution in [3.05, 3.63) is 47.3 Å². The van der Waals surface area contributed by atoms with Gasteiger partial charge >= 0.3 is 5.97 Å². The predicted molar refractivity (Wildman–Crippen MR) is 110 cm³/mol. The summed E-state index contributed by atoms with van der Waals surface area (Å²) in [6.07, 6.45) is 0.653. The number of carbonyl (C=O) groups is 2. The van der Waals surface area contributed by atoms with Gasteiger partial charge in [0.05, 0.1) is 24.0 Å². The molecule has 0 bridgehead atoms. The van der Waals surface area contributed by atoms with Crippen molar-refractivity contribution >= 4 is 44.6 Å². The molecule has 3 heterocycles. The number of rotatable bonds is 6. The number of carboxylic acids is 1. The van der Waals surface area contributed by atoms with Gasteiger partial charge in [-0.1, -0.05) is 58.0 Å². The second kappa shape index (κ2) is 8.26. The number of β-lactam (4-membered cyclic amide) rings is 1. The van der Waals surface area contributed by atoms with Crippen LogP contribution in [0, 0.1) is 0 Å². The highest BCUT2D eigenvalue weighted by Gasteiger charge is 2.55. The number of amides is 1. The molecule has 1 amide bonds. The van der Waals surface area contributed by atoms with Crippen LogP contribution in [0.5, 0.6) is 0 Å². The first-order valence-electron chi connectivity index (χ1n) is 9.05. The lowest BCUT2D eigenvalue weighted by molar-refractivity contribution is -0.147. The summed E-state index contributed by atoms with van der Waals surface area (Å²) in [5.41, 5.74) is 1.78. The molecule has 2 atom stereocenters. The summed E-state index contributed by atoms with van der Waals surface area (Å²) in [6.45, 7) is 2.30. The Balaban J connectivity index is 1.56. The maximum atomic E-state index is 12.7. The molecule has 9 heteroatoms. The lowest BCUT2D eigenvalue weighted by atomic mass is 10.1. The minimum atomic E-state index is -1.09. The van der Waals surface area contributed by atoms with E-state index in [9.17, 15) is 14.7 Å². The Morgan fingerprint density at radius 3 is 2.64 bits per heavy atom. The summed E-state index contributed by atoms with van der Waals surface area (Å²) in [6, 6.07) is 9.45. The van der Waals surface area contributed by atoms with Gasteiger partial charge in [-0.15, -0.1) is 0 Å². The van der Waals surface area contributed by atoms with Crippen LogP contribution in [-0.2, 0) is 20.7 Å². The average Bonchev–Trinajstić information content (AvgIpc) is 3.08. The molecule has 1 N–H and O–H groups in total. The van der Waals surface area contributed by atoms with Gasteiger partial charge in [-0.05, 0) is 5.56 Å². The molecule has 7 nitrogen and oxygen atoms in total. The topological polar surface area (TPSA) is 82.4 Å². The molecule has 148 valence electrons. The minimum absolute atomic E-state index is 0.0497. The van der Waals surface area contributed by atoms with E-state index in [1.807, 2.05) is 35.2 Å². The molecule has 0 aromatic heterocycles. The normalized spacial score (nSPS) is 25.0. The quantitative estimate of drug-likeness (QED) is 0.392. The first-order valence-corrected chi connectivity index (χ1v) is 11.1. The third kappa shape index (κ3) is 3.58. The van der Waals surface area contributed by atoms with Gasteiger partial charge in [0.2, 0.25) is 0 Å². The molecule has 2 unspecified atom stereocenters. The van der Waals surface area contributed by atoms with Gasteiger partial charge in [-0.25, -0.2) is 4.79 Å². The van der Waals surface area contributed by atoms with E-state index >= 15 is 0 Å². The zero-order valence-electron chi connectivity index (χ0n) is 15.1. The van der Waals surface area contributed by atoms with Crippen molar-refractivity contribution in [1.29, 1.82) is 0 Å². The maximum Gasteiger partial charge on any atom is 0.354 e. The second-order valence-electron chi connectivity index (χ2n) is 6.68. The number of carboxylic acid groups (broad SMARTS) is 1. The number of aliphatic imine (C=N–C) groups is 1. The second-order valence-corrected chi connectivity index (χ2v) is 8.43. The predicted octanol–water partition coefficient (Wildman–Crippen LogP) is 1.93. The van der Waals surface area contributed by atoms with Gasteiger partial charge in [0.25, 0.3) is 5.91 Å². The average molecular weight is 466 g/mol. The van der Waals surface area contributed by atoms with Crippen molar-refractivity contribution in [3.63, 3.8) is 0 Å². The summed E-state index contributed by atoms with van der Waals surface area (Å²) in [5, 5.41) is 10.8. The fraction of sp³-hybridized carbons (Fsp3) is 0.421. The third-order valence-corrected chi connectivity index (χ3v) is 6.75. The van der Waals surface area contributed by atoms with E-state index in [1.165, 1.54) is 16.7 Å². The van der Waals surface area contributed by atoms with Crippen LogP contribution in [0.2, 0.25) is 0 Å². The SMILES string of the molecule is O=C(O)C(=C(CBr)N1CCOCC1)N1C(=O)C2N=C(Cc3ccccc3)SC21. The van der Waals surface area contributed by atoms with E-state index in [1.54, 1.807) is 0 Å². The maximum absolute atomic E-state index is 12.7. The first kappa shape index (κ1) is 19.5. The summed E-state index contributed by atoms with van der Waals surface area (Å²) in [7, 11) is 0. The highest BCUT2D eigenvalue weighted by atomic mass is 79.9. The van der Waals surface area contributed by atoms with Gasteiger partial charge in [-0.2, -0.15) is 0 Å². The van der Waals surface area contributed by atoms with Crippen LogP contribution in [0.25, 0.3) is 0 Å². The van der Waals surface area contributed by atoms with Crippen LogP contribution in [0.15, 0.2) is 46.7 Å². The number of halogens is 1. The van der Waals surface area contributed by atoms with Crippen molar-refractivity contribution in [2.45, 2.75) is 17.8 Å². The Morgan fingerprint density at radius 1 is 1.29 bits per heavy atom. The molecular formula is C19H20BrN3O4S. The molecule has 28 heavy (non-hydrogen) atoms. The minimum Gasteiger partial charge on any atom is -0.477 e. The summed E-state index contributed by atoms with van der Waals surface area (Å²) in [5.74, 6) is -1.34. The van der Waals surface area contributed by atoms with E-state index < -0.39 is 12.0 Å². The molecule has 3 aliphatic heterocycles. The van der Waals surface area contributed by atoms with Gasteiger partial charge < -0.3 is 14.7 Å². The number of carbonyl (C=O) groups excluding carboxylic acids is 1. The number of fused-ring (bicyclic) bond motifs is 1. The van der Waals surface area contributed by atoms with Gasteiger partial charge in [0.1, 0.15) is 5.37 Å². The monoisotopic (exact) mass is 465 g/mol. The van der Waals surface area contributed by atoms with Crippen molar-refractivity contribution in [1.82, 2.24) is 9.80 Å². The molecule has 0 saturated carbocycles. The molecular weight excluding hydrogens is 446 g/mol. The number of thioether (sulfide) groups is 1. The standard InChI is InChI=1S/C19H20BrN3O4S/c20-11-13(22-6-8-27-9-7-22)16(19(25)26)23-17(24)15-18(23)28-14(21-15)10-12-4-2-1-3-5-12/h1-5,15,18H,6-11H2,(H,25,26). The van der Waals surface area contributed by atoms with E-state index in [0.717, 1.165) is 10.6 Å². The highest BCUT2D eigenvalue weighted by molar-refractivity contribution is 9.09. The summed E-state index contributed by atoms with van der Waals surface area (Å²) < 4.78 is 5.37. The Bertz CT molecular complexity index is 839. The molecule has 0 radical (unpaired) electrons. The first-order chi connectivity index (χ1) is 13.6. The number of ether oxygens (including phenoxy) is 1. The number of hydrogen-bond donors (Lipinski definition) is 1. The number of hydrogen-bond acceptors (Lipinski definition) is 6. The zero-order valence-corrected chi connectivity index (χ0v) is 17.5. The van der Waals surface area contributed by atoms with Crippen LogP contribution >= 0.6 is 27.7 Å². The number of aliphatic carboxylic acids is 1. The summed E-state index contributed by atoms with van der Waals surface area (Å²) >= 11 is 4.90. The van der Waals surface area contributed by atoms with Crippen LogP contribution < -0.4 is 0 Å². The molecule has 4 rings (SSSR count). The molecule has 1 aromatic rings. The Labute approximate surface area is 175 Å². The van der Waals surface area contributed by atoms with E-state index in [-0.39, 0.29) is 17.0 Å². The molecule has 0 aliphatic carbocycles. The van der Waals surface area contributed by atoms with Gasteiger partial charge in [0, 0.05) is 24.8 Å². The fourth-order valence-corrected chi connectivity index (χ4v) is 5.55. The lowest BCUT2D eigenvalue weighted by Crippen LogP contribution is -2.61. The van der Waals surface area contributed by atoms with Crippen molar-refractivity contribution in [2.75, 3.05) is 31.6 Å². The summed E-state index contributed by atoms with van der Waals surface area (Å²) in [4.78, 5) is 32.8. The number of nitrogens with zero attached hydrogens (tertiary/aromatic N) is 3. The number of allylic oxidation sites excluding steroid dienone is 1. The van der Waals surface area contributed by atoms with Crippen LogP contribution in [-0.4, -0.2) is 74.9 Å². The Hall–Kier alpha value is -1.84. The van der Waals surface area contributed by atoms with Gasteiger partial charge in [-0.3, -0.25) is 14.7 Å². The van der Waals surface area contributed by atoms with Crippen LogP contribution in [0.3, 0.4) is 0 Å². The number of likely N-dealkylation sites (tertiary alicyclic amines) is 1. The van der Waals surface area contributed by atoms with Crippen LogP contribution in [0.1, 0.15) is 5.56 Å². The van der Waals surface area contributed by atoms with Gasteiger partial charge in [0.15, 0.2) is 11.7 Å². The van der Waals surface area contributed by atoms with Crippen molar-refractivity contribution < 1.29 is 19.4 Å².